The molecule has 1 heterocycles. The van der Waals surface area contributed by atoms with Gasteiger partial charge < -0.3 is 14.6 Å². The van der Waals surface area contributed by atoms with Crippen LogP contribution in [0.3, 0.4) is 0 Å². The minimum atomic E-state index is -0.731. The molecule has 1 rings (SSSR count). The number of ether oxygens (including phenoxy) is 1. The van der Waals surface area contributed by atoms with Crippen LogP contribution in [-0.4, -0.2) is 45.0 Å². The van der Waals surface area contributed by atoms with Crippen LogP contribution in [0.4, 0.5) is 5.95 Å². The second-order valence-corrected chi connectivity index (χ2v) is 6.16. The van der Waals surface area contributed by atoms with Crippen LogP contribution in [0, 0.1) is 0 Å². The van der Waals surface area contributed by atoms with E-state index >= 15 is 0 Å². The van der Waals surface area contributed by atoms with Gasteiger partial charge in [-0.1, -0.05) is 0 Å². The van der Waals surface area contributed by atoms with Gasteiger partial charge in [-0.2, -0.15) is 0 Å². The number of hydrogen-bond donors (Lipinski definition) is 1. The first-order valence-electron chi connectivity index (χ1n) is 6.79. The largest absolute Gasteiger partial charge is 0.382 e. The quantitative estimate of drug-likeness (QED) is 0.668. The van der Waals surface area contributed by atoms with E-state index in [0.717, 1.165) is 44.3 Å². The summed E-state index contributed by atoms with van der Waals surface area (Å²) in [6, 6.07) is 0.275. The first-order chi connectivity index (χ1) is 9.13. The fourth-order valence-electron chi connectivity index (χ4n) is 1.75. The molecule has 2 atom stereocenters. The zero-order valence-electron chi connectivity index (χ0n) is 12.1. The van der Waals surface area contributed by atoms with Gasteiger partial charge in [0.15, 0.2) is 0 Å². The predicted molar refractivity (Wildman–Crippen MR) is 80.0 cm³/mol. The lowest BCUT2D eigenvalue weighted by molar-refractivity contribution is 0.142. The highest BCUT2D eigenvalue weighted by Gasteiger charge is 2.07. The van der Waals surface area contributed by atoms with Crippen molar-refractivity contribution in [3.05, 3.63) is 12.4 Å². The lowest BCUT2D eigenvalue weighted by Gasteiger charge is -2.15. The van der Waals surface area contributed by atoms with Crippen molar-refractivity contribution in [1.82, 2.24) is 9.55 Å². The van der Waals surface area contributed by atoms with Crippen LogP contribution in [0.1, 0.15) is 26.7 Å². The maximum Gasteiger partial charge on any atom is 0.202 e. The van der Waals surface area contributed by atoms with Crippen LogP contribution in [0.5, 0.6) is 0 Å². The van der Waals surface area contributed by atoms with E-state index in [-0.39, 0.29) is 6.04 Å². The number of nitrogens with zero attached hydrogens (tertiary/aromatic N) is 2. The van der Waals surface area contributed by atoms with Gasteiger partial charge in [0, 0.05) is 61.0 Å². The maximum absolute atomic E-state index is 11.1. The molecule has 0 aliphatic rings. The number of hydrogen-bond acceptors (Lipinski definition) is 4. The van der Waals surface area contributed by atoms with Crippen molar-refractivity contribution in [2.45, 2.75) is 39.3 Å². The Labute approximate surface area is 118 Å². The van der Waals surface area contributed by atoms with Crippen molar-refractivity contribution in [3.8, 4) is 0 Å². The zero-order valence-corrected chi connectivity index (χ0v) is 12.9. The smallest absolute Gasteiger partial charge is 0.202 e. The van der Waals surface area contributed by atoms with Crippen LogP contribution in [0.25, 0.3) is 0 Å². The maximum atomic E-state index is 11.1. The van der Waals surface area contributed by atoms with Gasteiger partial charge in [-0.3, -0.25) is 4.21 Å². The third-order valence-electron chi connectivity index (χ3n) is 2.82. The standard InChI is InChI=1S/C13H25N3O2S/c1-4-18-10-5-8-16-9-7-14-13(16)15-12(2)6-11-19(3)17/h7,9,12H,4-6,8,10-11H2,1-3H3,(H,14,15). The first-order valence-corrected chi connectivity index (χ1v) is 8.51. The lowest BCUT2D eigenvalue weighted by Crippen LogP contribution is -2.20. The van der Waals surface area contributed by atoms with Crippen molar-refractivity contribution < 1.29 is 8.95 Å². The van der Waals surface area contributed by atoms with Gasteiger partial charge in [0.1, 0.15) is 0 Å². The van der Waals surface area contributed by atoms with E-state index in [0.29, 0.717) is 0 Å². The molecule has 1 aromatic heterocycles. The number of nitrogens with one attached hydrogen (secondary N) is 1. The molecule has 0 amide bonds. The summed E-state index contributed by atoms with van der Waals surface area (Å²) in [4.78, 5) is 4.32. The van der Waals surface area contributed by atoms with Crippen LogP contribution in [-0.2, 0) is 22.1 Å². The number of aryl methyl sites for hydroxylation is 1. The van der Waals surface area contributed by atoms with Crippen molar-refractivity contribution >= 4 is 16.7 Å². The zero-order chi connectivity index (χ0) is 14.1. The molecular weight excluding hydrogens is 262 g/mol. The molecule has 19 heavy (non-hydrogen) atoms. The third kappa shape index (κ3) is 6.73. The topological polar surface area (TPSA) is 56.1 Å². The minimum Gasteiger partial charge on any atom is -0.382 e. The van der Waals surface area contributed by atoms with E-state index in [9.17, 15) is 4.21 Å². The summed E-state index contributed by atoms with van der Waals surface area (Å²) in [5.41, 5.74) is 0. The fourth-order valence-corrected chi connectivity index (χ4v) is 2.43. The van der Waals surface area contributed by atoms with Gasteiger partial charge in [-0.25, -0.2) is 4.98 Å². The second-order valence-electron chi connectivity index (χ2n) is 4.61. The van der Waals surface area contributed by atoms with Crippen LogP contribution in [0.15, 0.2) is 12.4 Å². The SMILES string of the molecule is CCOCCCn1ccnc1NC(C)CCS(C)=O. The highest BCUT2D eigenvalue weighted by atomic mass is 32.2. The van der Waals surface area contributed by atoms with E-state index in [1.807, 2.05) is 13.1 Å². The van der Waals surface area contributed by atoms with Crippen LogP contribution < -0.4 is 5.32 Å². The summed E-state index contributed by atoms with van der Waals surface area (Å²) in [5.74, 6) is 1.60. The highest BCUT2D eigenvalue weighted by Crippen LogP contribution is 2.09. The number of imidazole rings is 1. The van der Waals surface area contributed by atoms with Crippen molar-refractivity contribution in [2.75, 3.05) is 30.5 Å². The summed E-state index contributed by atoms with van der Waals surface area (Å²) in [6.45, 7) is 6.53. The molecule has 110 valence electrons. The number of aromatic nitrogens is 2. The summed E-state index contributed by atoms with van der Waals surface area (Å²) in [7, 11) is -0.731. The van der Waals surface area contributed by atoms with Gasteiger partial charge in [0.25, 0.3) is 0 Å². The Morgan fingerprint density at radius 3 is 3.05 bits per heavy atom. The summed E-state index contributed by atoms with van der Waals surface area (Å²) >= 11 is 0. The molecule has 0 radical (unpaired) electrons. The fraction of sp³-hybridized carbons (Fsp3) is 0.769. The lowest BCUT2D eigenvalue weighted by atomic mass is 10.3. The average molecular weight is 287 g/mol. The molecule has 0 saturated carbocycles. The van der Waals surface area contributed by atoms with Crippen molar-refractivity contribution in [3.63, 3.8) is 0 Å². The summed E-state index contributed by atoms with van der Waals surface area (Å²) in [6.07, 6.45) is 7.37. The summed E-state index contributed by atoms with van der Waals surface area (Å²) in [5, 5.41) is 3.36. The van der Waals surface area contributed by atoms with Gasteiger partial charge in [-0.05, 0) is 26.7 Å². The molecule has 1 aromatic rings. The molecule has 0 saturated heterocycles. The van der Waals surface area contributed by atoms with E-state index in [2.05, 4.69) is 21.8 Å². The Morgan fingerprint density at radius 1 is 1.58 bits per heavy atom. The minimum absolute atomic E-state index is 0.275. The molecule has 0 spiro atoms. The average Bonchev–Trinajstić information content (AvgIpc) is 2.79. The highest BCUT2D eigenvalue weighted by molar-refractivity contribution is 7.84. The molecule has 2 unspecified atom stereocenters. The van der Waals surface area contributed by atoms with E-state index < -0.39 is 10.8 Å². The Balaban J connectivity index is 2.36. The molecule has 1 N–H and O–H groups in total. The van der Waals surface area contributed by atoms with Crippen molar-refractivity contribution in [2.24, 2.45) is 0 Å². The molecule has 6 heteroatoms. The molecule has 0 aliphatic heterocycles. The second kappa shape index (κ2) is 9.09. The molecule has 0 aromatic carbocycles. The molecule has 0 aliphatic carbocycles. The number of rotatable bonds is 10. The Hall–Kier alpha value is -0.880. The first kappa shape index (κ1) is 16.2. The van der Waals surface area contributed by atoms with E-state index in [1.165, 1.54) is 0 Å². The van der Waals surface area contributed by atoms with Gasteiger partial charge >= 0.3 is 0 Å². The number of anilines is 1. The van der Waals surface area contributed by atoms with E-state index in [1.54, 1.807) is 12.5 Å². The van der Waals surface area contributed by atoms with E-state index in [4.69, 9.17) is 4.74 Å². The third-order valence-corrected chi connectivity index (χ3v) is 3.63. The molecule has 0 bridgehead atoms. The van der Waals surface area contributed by atoms with Crippen LogP contribution >= 0.6 is 0 Å². The van der Waals surface area contributed by atoms with Gasteiger partial charge in [0.05, 0.1) is 0 Å². The Kier molecular flexibility index (Phi) is 7.74. The summed E-state index contributed by atoms with van der Waals surface area (Å²) < 4.78 is 18.5. The molecular formula is C13H25N3O2S. The predicted octanol–water partition coefficient (Wildman–Crippen LogP) is 1.88. The monoisotopic (exact) mass is 287 g/mol. The van der Waals surface area contributed by atoms with Gasteiger partial charge in [0.2, 0.25) is 5.95 Å². The molecule has 0 fully saturated rings. The van der Waals surface area contributed by atoms with Gasteiger partial charge in [-0.15, -0.1) is 0 Å². The Morgan fingerprint density at radius 2 is 2.37 bits per heavy atom. The van der Waals surface area contributed by atoms with Crippen LogP contribution in [0.2, 0.25) is 0 Å². The molecule has 5 nitrogen and oxygen atoms in total. The van der Waals surface area contributed by atoms with Crippen molar-refractivity contribution in [1.29, 1.82) is 0 Å². The normalized spacial score (nSPS) is 14.3. The Bertz CT molecular complexity index is 382.